The Bertz CT molecular complexity index is 404. The SMILES string of the molecule is CCNC(CN1CCCC1CC)c1ccc(OCC)cc1. The lowest BCUT2D eigenvalue weighted by molar-refractivity contribution is 0.221. The molecule has 2 rings (SSSR count). The molecular weight excluding hydrogens is 260 g/mol. The molecule has 2 unspecified atom stereocenters. The van der Waals surface area contributed by atoms with Crippen molar-refractivity contribution in [3.05, 3.63) is 29.8 Å². The highest BCUT2D eigenvalue weighted by atomic mass is 16.5. The normalized spacial score (nSPS) is 20.6. The Balaban J connectivity index is 2.03. The molecule has 3 nitrogen and oxygen atoms in total. The van der Waals surface area contributed by atoms with E-state index in [1.54, 1.807) is 0 Å². The Kier molecular flexibility index (Phi) is 6.52. The quantitative estimate of drug-likeness (QED) is 0.791. The van der Waals surface area contributed by atoms with Crippen LogP contribution in [0.5, 0.6) is 5.75 Å². The molecule has 1 aliphatic rings. The van der Waals surface area contributed by atoms with E-state index in [0.29, 0.717) is 6.04 Å². The fraction of sp³-hybridized carbons (Fsp3) is 0.667. The Morgan fingerprint density at radius 2 is 2.00 bits per heavy atom. The van der Waals surface area contributed by atoms with Crippen LogP contribution in [0.2, 0.25) is 0 Å². The molecule has 0 radical (unpaired) electrons. The maximum absolute atomic E-state index is 5.54. The van der Waals surface area contributed by atoms with Gasteiger partial charge in [-0.3, -0.25) is 4.90 Å². The van der Waals surface area contributed by atoms with Crippen molar-refractivity contribution in [2.45, 2.75) is 52.1 Å². The highest BCUT2D eigenvalue weighted by molar-refractivity contribution is 5.29. The van der Waals surface area contributed by atoms with Crippen molar-refractivity contribution in [1.82, 2.24) is 10.2 Å². The number of likely N-dealkylation sites (N-methyl/N-ethyl adjacent to an activating group) is 1. The summed E-state index contributed by atoms with van der Waals surface area (Å²) < 4.78 is 5.54. The van der Waals surface area contributed by atoms with Crippen molar-refractivity contribution in [3.8, 4) is 5.75 Å². The predicted molar refractivity (Wildman–Crippen MR) is 88.9 cm³/mol. The van der Waals surface area contributed by atoms with Crippen molar-refractivity contribution >= 4 is 0 Å². The van der Waals surface area contributed by atoms with Crippen molar-refractivity contribution < 1.29 is 4.74 Å². The van der Waals surface area contributed by atoms with Crippen LogP contribution >= 0.6 is 0 Å². The molecule has 0 spiro atoms. The molecular formula is C18H30N2O. The van der Waals surface area contributed by atoms with Gasteiger partial charge in [0, 0.05) is 18.6 Å². The summed E-state index contributed by atoms with van der Waals surface area (Å²) in [5.41, 5.74) is 1.36. The van der Waals surface area contributed by atoms with Crippen LogP contribution in [0.1, 0.15) is 51.6 Å². The first-order chi connectivity index (χ1) is 10.3. The minimum Gasteiger partial charge on any atom is -0.494 e. The second kappa shape index (κ2) is 8.40. The Morgan fingerprint density at radius 1 is 1.24 bits per heavy atom. The monoisotopic (exact) mass is 290 g/mol. The molecule has 2 atom stereocenters. The fourth-order valence-corrected chi connectivity index (χ4v) is 3.33. The van der Waals surface area contributed by atoms with Crippen molar-refractivity contribution in [3.63, 3.8) is 0 Å². The van der Waals surface area contributed by atoms with E-state index < -0.39 is 0 Å². The lowest BCUT2D eigenvalue weighted by atomic mass is 10.1. The largest absolute Gasteiger partial charge is 0.494 e. The van der Waals surface area contributed by atoms with Crippen LogP contribution in [0.15, 0.2) is 24.3 Å². The van der Waals surface area contributed by atoms with Gasteiger partial charge in [0.2, 0.25) is 0 Å². The fourth-order valence-electron chi connectivity index (χ4n) is 3.33. The first-order valence-electron chi connectivity index (χ1n) is 8.48. The van der Waals surface area contributed by atoms with Gasteiger partial charge in [0.15, 0.2) is 0 Å². The third-order valence-electron chi connectivity index (χ3n) is 4.43. The van der Waals surface area contributed by atoms with Crippen LogP contribution in [0, 0.1) is 0 Å². The van der Waals surface area contributed by atoms with Crippen LogP contribution in [0.4, 0.5) is 0 Å². The molecule has 3 heteroatoms. The Morgan fingerprint density at radius 3 is 2.62 bits per heavy atom. The molecule has 1 N–H and O–H groups in total. The molecule has 118 valence electrons. The zero-order chi connectivity index (χ0) is 15.1. The Hall–Kier alpha value is -1.06. The minimum absolute atomic E-state index is 0.415. The van der Waals surface area contributed by atoms with Gasteiger partial charge in [-0.15, -0.1) is 0 Å². The lowest BCUT2D eigenvalue weighted by Crippen LogP contribution is -2.37. The lowest BCUT2D eigenvalue weighted by Gasteiger charge is -2.29. The van der Waals surface area contributed by atoms with Gasteiger partial charge in [-0.2, -0.15) is 0 Å². The summed E-state index contributed by atoms with van der Waals surface area (Å²) in [7, 11) is 0. The summed E-state index contributed by atoms with van der Waals surface area (Å²) in [6, 6.07) is 9.77. The molecule has 0 saturated carbocycles. The molecule has 1 aromatic rings. The van der Waals surface area contributed by atoms with Crippen LogP contribution in [-0.2, 0) is 0 Å². The molecule has 1 aromatic carbocycles. The number of likely N-dealkylation sites (tertiary alicyclic amines) is 1. The number of nitrogens with zero attached hydrogens (tertiary/aromatic N) is 1. The maximum Gasteiger partial charge on any atom is 0.119 e. The summed E-state index contributed by atoms with van der Waals surface area (Å²) in [6.45, 7) is 10.6. The number of hydrogen-bond acceptors (Lipinski definition) is 3. The van der Waals surface area contributed by atoms with Crippen molar-refractivity contribution in [2.75, 3.05) is 26.2 Å². The number of hydrogen-bond donors (Lipinski definition) is 1. The average Bonchev–Trinajstić information content (AvgIpc) is 2.95. The van der Waals surface area contributed by atoms with E-state index in [-0.39, 0.29) is 0 Å². The van der Waals surface area contributed by atoms with E-state index in [9.17, 15) is 0 Å². The summed E-state index contributed by atoms with van der Waals surface area (Å²) >= 11 is 0. The van der Waals surface area contributed by atoms with Crippen LogP contribution < -0.4 is 10.1 Å². The molecule has 0 aromatic heterocycles. The topological polar surface area (TPSA) is 24.5 Å². The van der Waals surface area contributed by atoms with E-state index in [4.69, 9.17) is 4.74 Å². The summed E-state index contributed by atoms with van der Waals surface area (Å²) in [4.78, 5) is 2.66. The van der Waals surface area contributed by atoms with Gasteiger partial charge in [-0.05, 0) is 57.0 Å². The average molecular weight is 290 g/mol. The molecule has 0 aliphatic carbocycles. The zero-order valence-electron chi connectivity index (χ0n) is 13.8. The number of ether oxygens (including phenoxy) is 1. The van der Waals surface area contributed by atoms with Crippen LogP contribution in [0.25, 0.3) is 0 Å². The smallest absolute Gasteiger partial charge is 0.119 e. The summed E-state index contributed by atoms with van der Waals surface area (Å²) in [5.74, 6) is 0.962. The van der Waals surface area contributed by atoms with E-state index in [1.807, 2.05) is 6.92 Å². The van der Waals surface area contributed by atoms with Gasteiger partial charge in [-0.25, -0.2) is 0 Å². The van der Waals surface area contributed by atoms with Crippen molar-refractivity contribution in [2.24, 2.45) is 0 Å². The first kappa shape index (κ1) is 16.3. The number of nitrogens with one attached hydrogen (secondary N) is 1. The van der Waals surface area contributed by atoms with Gasteiger partial charge in [0.05, 0.1) is 6.61 Å². The van der Waals surface area contributed by atoms with Gasteiger partial charge < -0.3 is 10.1 Å². The van der Waals surface area contributed by atoms with Gasteiger partial charge in [0.1, 0.15) is 5.75 Å². The molecule has 1 saturated heterocycles. The van der Waals surface area contributed by atoms with Crippen molar-refractivity contribution in [1.29, 1.82) is 0 Å². The van der Waals surface area contributed by atoms with Gasteiger partial charge >= 0.3 is 0 Å². The number of rotatable bonds is 8. The highest BCUT2D eigenvalue weighted by Gasteiger charge is 2.25. The third-order valence-corrected chi connectivity index (χ3v) is 4.43. The standard InChI is InChI=1S/C18H30N2O/c1-4-16-8-7-13-20(16)14-18(19-5-2)15-9-11-17(12-10-15)21-6-3/h9-12,16,18-19H,4-8,13-14H2,1-3H3. The molecule has 21 heavy (non-hydrogen) atoms. The summed E-state index contributed by atoms with van der Waals surface area (Å²) in [5, 5.41) is 3.64. The van der Waals surface area contributed by atoms with Gasteiger partial charge in [0.25, 0.3) is 0 Å². The zero-order valence-corrected chi connectivity index (χ0v) is 13.8. The second-order valence-corrected chi connectivity index (χ2v) is 5.81. The van der Waals surface area contributed by atoms with E-state index in [1.165, 1.54) is 31.4 Å². The molecule has 0 bridgehead atoms. The molecule has 1 aliphatic heterocycles. The van der Waals surface area contributed by atoms with Crippen LogP contribution in [0.3, 0.4) is 0 Å². The second-order valence-electron chi connectivity index (χ2n) is 5.81. The summed E-state index contributed by atoms with van der Waals surface area (Å²) in [6.07, 6.45) is 3.97. The molecule has 0 amide bonds. The van der Waals surface area contributed by atoms with Crippen LogP contribution in [-0.4, -0.2) is 37.2 Å². The molecule has 1 heterocycles. The van der Waals surface area contributed by atoms with Gasteiger partial charge in [-0.1, -0.05) is 26.0 Å². The first-order valence-corrected chi connectivity index (χ1v) is 8.48. The minimum atomic E-state index is 0.415. The van der Waals surface area contributed by atoms with E-state index in [2.05, 4.69) is 48.3 Å². The third kappa shape index (κ3) is 4.45. The predicted octanol–water partition coefficient (Wildman–Crippen LogP) is 3.61. The Labute approximate surface area is 129 Å². The maximum atomic E-state index is 5.54. The molecule has 1 fully saturated rings. The van der Waals surface area contributed by atoms with E-state index in [0.717, 1.165) is 31.5 Å². The highest BCUT2D eigenvalue weighted by Crippen LogP contribution is 2.25. The van der Waals surface area contributed by atoms with E-state index >= 15 is 0 Å². The number of benzene rings is 1.